The Morgan fingerprint density at radius 2 is 1.80 bits per heavy atom. The molecule has 1 amide bonds. The molecule has 0 saturated carbocycles. The van der Waals surface area contributed by atoms with Crippen molar-refractivity contribution in [1.29, 1.82) is 0 Å². The number of thiazole rings is 1. The van der Waals surface area contributed by atoms with Gasteiger partial charge in [-0.3, -0.25) is 10.1 Å². The molecule has 30 heavy (non-hydrogen) atoms. The highest BCUT2D eigenvalue weighted by Gasteiger charge is 2.16. The highest BCUT2D eigenvalue weighted by Crippen LogP contribution is 2.28. The summed E-state index contributed by atoms with van der Waals surface area (Å²) in [6.07, 6.45) is 0. The SMILES string of the molecule is O=C(Nc1nc(-c2ccc3ccccc3c2)cs1)c1cc2cc(Br)ccc2oc1=O. The maximum Gasteiger partial charge on any atom is 0.349 e. The van der Waals surface area contributed by atoms with Crippen LogP contribution in [-0.2, 0) is 0 Å². The number of hydrogen-bond acceptors (Lipinski definition) is 5. The number of nitrogens with zero attached hydrogens (tertiary/aromatic N) is 1. The molecule has 0 saturated heterocycles. The molecule has 0 fully saturated rings. The van der Waals surface area contributed by atoms with Crippen LogP contribution < -0.4 is 10.9 Å². The van der Waals surface area contributed by atoms with Crippen molar-refractivity contribution in [2.45, 2.75) is 0 Å². The third kappa shape index (κ3) is 3.53. The van der Waals surface area contributed by atoms with Crippen molar-refractivity contribution < 1.29 is 9.21 Å². The number of anilines is 1. The van der Waals surface area contributed by atoms with Crippen LogP contribution in [0.4, 0.5) is 5.13 Å². The molecular formula is C23H13BrN2O3S. The van der Waals surface area contributed by atoms with E-state index in [2.05, 4.69) is 38.4 Å². The number of fused-ring (bicyclic) bond motifs is 2. The van der Waals surface area contributed by atoms with E-state index in [1.54, 1.807) is 18.2 Å². The molecule has 5 aromatic rings. The molecule has 2 heterocycles. The van der Waals surface area contributed by atoms with E-state index in [9.17, 15) is 9.59 Å². The number of carbonyl (C=O) groups excluding carboxylic acids is 1. The summed E-state index contributed by atoms with van der Waals surface area (Å²) in [7, 11) is 0. The van der Waals surface area contributed by atoms with Gasteiger partial charge in [0.2, 0.25) is 0 Å². The Bertz CT molecular complexity index is 1490. The first kappa shape index (κ1) is 18.7. The van der Waals surface area contributed by atoms with Crippen LogP contribution in [0.2, 0.25) is 0 Å². The van der Waals surface area contributed by atoms with E-state index in [4.69, 9.17) is 4.42 Å². The summed E-state index contributed by atoms with van der Waals surface area (Å²) in [4.78, 5) is 29.4. The fourth-order valence-electron chi connectivity index (χ4n) is 3.23. The summed E-state index contributed by atoms with van der Waals surface area (Å²) in [6, 6.07) is 21.0. The van der Waals surface area contributed by atoms with Crippen LogP contribution in [0.15, 0.2) is 85.8 Å². The first-order valence-corrected chi connectivity index (χ1v) is 10.7. The Balaban J connectivity index is 1.43. The van der Waals surface area contributed by atoms with Gasteiger partial charge in [-0.15, -0.1) is 11.3 Å². The maximum atomic E-state index is 12.7. The van der Waals surface area contributed by atoms with Gasteiger partial charge in [0.1, 0.15) is 11.1 Å². The molecule has 0 atom stereocenters. The van der Waals surface area contributed by atoms with E-state index in [1.165, 1.54) is 17.4 Å². The van der Waals surface area contributed by atoms with Gasteiger partial charge in [-0.05, 0) is 41.1 Å². The fraction of sp³-hybridized carbons (Fsp3) is 0. The van der Waals surface area contributed by atoms with Gasteiger partial charge in [0.25, 0.3) is 5.91 Å². The second-order valence-corrected chi connectivity index (χ2v) is 8.46. The molecule has 5 nitrogen and oxygen atoms in total. The number of aromatic nitrogens is 1. The summed E-state index contributed by atoms with van der Waals surface area (Å²) in [5.74, 6) is -0.551. The summed E-state index contributed by atoms with van der Waals surface area (Å²) >= 11 is 4.68. The number of amides is 1. The molecule has 3 aromatic carbocycles. The monoisotopic (exact) mass is 476 g/mol. The summed E-state index contributed by atoms with van der Waals surface area (Å²) in [6.45, 7) is 0. The van der Waals surface area contributed by atoms with Gasteiger partial charge in [0.15, 0.2) is 5.13 Å². The predicted octanol–water partition coefficient (Wildman–Crippen LogP) is 6.08. The van der Waals surface area contributed by atoms with Gasteiger partial charge in [0.05, 0.1) is 5.69 Å². The molecule has 7 heteroatoms. The standard InChI is InChI=1S/C23H13BrN2O3S/c24-17-7-8-20-16(10-17)11-18(22(28)29-20)21(27)26-23-25-19(12-30-23)15-6-5-13-3-1-2-4-14(13)9-15/h1-12H,(H,25,26,27). The number of benzene rings is 3. The van der Waals surface area contributed by atoms with E-state index in [-0.39, 0.29) is 5.56 Å². The number of rotatable bonds is 3. The van der Waals surface area contributed by atoms with Crippen molar-refractivity contribution in [2.24, 2.45) is 0 Å². The van der Waals surface area contributed by atoms with Crippen LogP contribution in [0.5, 0.6) is 0 Å². The van der Waals surface area contributed by atoms with Gasteiger partial charge >= 0.3 is 5.63 Å². The molecule has 0 aliphatic carbocycles. The Hall–Kier alpha value is -3.29. The number of nitrogens with one attached hydrogen (secondary N) is 1. The molecule has 146 valence electrons. The Labute approximate surface area is 183 Å². The van der Waals surface area contributed by atoms with Crippen LogP contribution in [0.3, 0.4) is 0 Å². The van der Waals surface area contributed by atoms with Crippen molar-refractivity contribution in [3.8, 4) is 11.3 Å². The second-order valence-electron chi connectivity index (χ2n) is 6.68. The smallest absolute Gasteiger partial charge is 0.349 e. The van der Waals surface area contributed by atoms with Gasteiger partial charge in [0, 0.05) is 20.8 Å². The van der Waals surface area contributed by atoms with Crippen molar-refractivity contribution >= 4 is 60.0 Å². The highest BCUT2D eigenvalue weighted by atomic mass is 79.9. The van der Waals surface area contributed by atoms with Gasteiger partial charge in [-0.25, -0.2) is 9.78 Å². The molecular weight excluding hydrogens is 464 g/mol. The van der Waals surface area contributed by atoms with Crippen LogP contribution >= 0.6 is 27.3 Å². The van der Waals surface area contributed by atoms with E-state index < -0.39 is 11.5 Å². The Morgan fingerprint density at radius 3 is 2.67 bits per heavy atom. The molecule has 0 radical (unpaired) electrons. The van der Waals surface area contributed by atoms with Crippen molar-refractivity contribution in [3.05, 3.63) is 92.6 Å². The summed E-state index contributed by atoms with van der Waals surface area (Å²) in [5, 5.41) is 7.92. The van der Waals surface area contributed by atoms with E-state index in [1.807, 2.05) is 35.7 Å². The van der Waals surface area contributed by atoms with E-state index >= 15 is 0 Å². The largest absolute Gasteiger partial charge is 0.422 e. The lowest BCUT2D eigenvalue weighted by molar-refractivity contribution is 0.102. The normalized spacial score (nSPS) is 11.1. The molecule has 0 aliphatic heterocycles. The zero-order chi connectivity index (χ0) is 20.7. The lowest BCUT2D eigenvalue weighted by Gasteiger charge is -2.03. The van der Waals surface area contributed by atoms with Gasteiger partial charge < -0.3 is 4.42 Å². The molecule has 2 aromatic heterocycles. The van der Waals surface area contributed by atoms with Crippen LogP contribution in [0.1, 0.15) is 10.4 Å². The summed E-state index contributed by atoms with van der Waals surface area (Å²) in [5.41, 5.74) is 1.39. The minimum atomic E-state index is -0.686. The second kappa shape index (κ2) is 7.51. The van der Waals surface area contributed by atoms with E-state index in [0.29, 0.717) is 16.1 Å². The van der Waals surface area contributed by atoms with Crippen molar-refractivity contribution in [3.63, 3.8) is 0 Å². The van der Waals surface area contributed by atoms with Crippen LogP contribution in [-0.4, -0.2) is 10.9 Å². The summed E-state index contributed by atoms with van der Waals surface area (Å²) < 4.78 is 6.10. The minimum absolute atomic E-state index is 0.0666. The average Bonchev–Trinajstić information content (AvgIpc) is 3.21. The van der Waals surface area contributed by atoms with E-state index in [0.717, 1.165) is 26.5 Å². The van der Waals surface area contributed by atoms with Gasteiger partial charge in [-0.1, -0.05) is 52.3 Å². The zero-order valence-corrected chi connectivity index (χ0v) is 17.8. The molecule has 0 aliphatic rings. The lowest BCUT2D eigenvalue weighted by Crippen LogP contribution is -2.20. The maximum absolute atomic E-state index is 12.7. The predicted molar refractivity (Wildman–Crippen MR) is 123 cm³/mol. The topological polar surface area (TPSA) is 72.2 Å². The first-order valence-electron chi connectivity index (χ1n) is 9.06. The van der Waals surface area contributed by atoms with Crippen LogP contribution in [0.25, 0.3) is 33.0 Å². The fourth-order valence-corrected chi connectivity index (χ4v) is 4.32. The number of hydrogen-bond donors (Lipinski definition) is 1. The van der Waals surface area contributed by atoms with Crippen molar-refractivity contribution in [2.75, 3.05) is 5.32 Å². The molecule has 0 spiro atoms. The lowest BCUT2D eigenvalue weighted by atomic mass is 10.1. The third-order valence-electron chi connectivity index (χ3n) is 4.71. The quantitative estimate of drug-likeness (QED) is 0.320. The average molecular weight is 477 g/mol. The Kier molecular flexibility index (Phi) is 4.69. The molecule has 0 unspecified atom stereocenters. The zero-order valence-electron chi connectivity index (χ0n) is 15.4. The molecule has 1 N–H and O–H groups in total. The number of halogens is 1. The third-order valence-corrected chi connectivity index (χ3v) is 5.96. The molecule has 5 rings (SSSR count). The van der Waals surface area contributed by atoms with Gasteiger partial charge in [-0.2, -0.15) is 0 Å². The number of carbonyl (C=O) groups is 1. The molecule has 0 bridgehead atoms. The highest BCUT2D eigenvalue weighted by molar-refractivity contribution is 9.10. The minimum Gasteiger partial charge on any atom is -0.422 e. The Morgan fingerprint density at radius 1 is 0.967 bits per heavy atom. The first-order chi connectivity index (χ1) is 14.6. The van der Waals surface area contributed by atoms with Crippen LogP contribution in [0, 0.1) is 0 Å². The van der Waals surface area contributed by atoms with Crippen molar-refractivity contribution in [1.82, 2.24) is 4.98 Å².